The van der Waals surface area contributed by atoms with Crippen molar-refractivity contribution in [1.82, 2.24) is 14.8 Å². The molecule has 0 atom stereocenters. The van der Waals surface area contributed by atoms with E-state index >= 15 is 0 Å². The standard InChI is InChI=1S/C27H28N4O3S/c1-34-20-9-7-18(8-10-20)21-17-22(19-5-3-2-4-6-19)29-26-23(21)24(28)25(35-26)27(33)31-13-11-30(12-14-31)15-16-32/h2-10,17,32H,11-16,28H2,1H3. The first kappa shape index (κ1) is 23.3. The normalized spacial score (nSPS) is 14.4. The highest BCUT2D eigenvalue weighted by Crippen LogP contribution is 2.42. The molecule has 1 amide bonds. The van der Waals surface area contributed by atoms with Crippen molar-refractivity contribution in [2.24, 2.45) is 0 Å². The van der Waals surface area contributed by atoms with E-state index in [1.54, 1.807) is 7.11 Å². The average molecular weight is 489 g/mol. The molecule has 0 bridgehead atoms. The number of anilines is 1. The molecule has 5 rings (SSSR count). The minimum Gasteiger partial charge on any atom is -0.497 e. The number of carbonyl (C=O) groups is 1. The Balaban J connectivity index is 1.59. The van der Waals surface area contributed by atoms with E-state index in [2.05, 4.69) is 4.90 Å². The second kappa shape index (κ2) is 10.0. The smallest absolute Gasteiger partial charge is 0.266 e. The summed E-state index contributed by atoms with van der Waals surface area (Å²) in [4.78, 5) is 23.7. The molecule has 2 aromatic carbocycles. The largest absolute Gasteiger partial charge is 0.497 e. The number of nitrogen functional groups attached to an aromatic ring is 1. The molecule has 1 aliphatic heterocycles. The van der Waals surface area contributed by atoms with Gasteiger partial charge >= 0.3 is 0 Å². The Morgan fingerprint density at radius 3 is 2.43 bits per heavy atom. The highest BCUT2D eigenvalue weighted by Gasteiger charge is 2.27. The maximum atomic E-state index is 13.5. The van der Waals surface area contributed by atoms with Crippen molar-refractivity contribution in [2.45, 2.75) is 0 Å². The number of nitrogens with zero attached hydrogens (tertiary/aromatic N) is 3. The Labute approximate surface area is 208 Å². The van der Waals surface area contributed by atoms with Crippen LogP contribution in [0.1, 0.15) is 9.67 Å². The number of thiophene rings is 1. The topological polar surface area (TPSA) is 91.9 Å². The van der Waals surface area contributed by atoms with E-state index in [1.165, 1.54) is 11.3 Å². The molecule has 8 heteroatoms. The molecule has 180 valence electrons. The summed E-state index contributed by atoms with van der Waals surface area (Å²) in [6, 6.07) is 19.9. The Kier molecular flexibility index (Phi) is 6.68. The van der Waals surface area contributed by atoms with Crippen LogP contribution >= 0.6 is 11.3 Å². The highest BCUT2D eigenvalue weighted by molar-refractivity contribution is 7.21. The zero-order valence-electron chi connectivity index (χ0n) is 19.6. The number of aliphatic hydroxyl groups is 1. The summed E-state index contributed by atoms with van der Waals surface area (Å²) in [6.07, 6.45) is 0. The first-order valence-electron chi connectivity index (χ1n) is 11.6. The molecular weight excluding hydrogens is 460 g/mol. The Morgan fingerprint density at radius 2 is 1.77 bits per heavy atom. The van der Waals surface area contributed by atoms with Gasteiger partial charge in [-0.3, -0.25) is 9.69 Å². The second-order valence-corrected chi connectivity index (χ2v) is 9.53. The fourth-order valence-corrected chi connectivity index (χ4v) is 5.58. The summed E-state index contributed by atoms with van der Waals surface area (Å²) in [6.45, 7) is 3.46. The minimum absolute atomic E-state index is 0.0592. The molecule has 0 radical (unpaired) electrons. The quantitative estimate of drug-likeness (QED) is 0.427. The van der Waals surface area contributed by atoms with Crippen LogP contribution in [0.15, 0.2) is 60.7 Å². The van der Waals surface area contributed by atoms with E-state index in [4.69, 9.17) is 15.5 Å². The molecule has 35 heavy (non-hydrogen) atoms. The monoisotopic (exact) mass is 488 g/mol. The number of fused-ring (bicyclic) bond motifs is 1. The number of nitrogens with two attached hydrogens (primary N) is 1. The molecule has 4 aromatic rings. The average Bonchev–Trinajstić information content (AvgIpc) is 3.25. The molecular formula is C27H28N4O3S. The number of hydrogen-bond donors (Lipinski definition) is 2. The predicted molar refractivity (Wildman–Crippen MR) is 141 cm³/mol. The SMILES string of the molecule is COc1ccc(-c2cc(-c3ccccc3)nc3sc(C(=O)N4CCN(CCO)CC4)c(N)c23)cc1. The van der Waals surface area contributed by atoms with Crippen LogP contribution < -0.4 is 10.5 Å². The number of methoxy groups -OCH3 is 1. The van der Waals surface area contributed by atoms with Crippen molar-refractivity contribution in [3.63, 3.8) is 0 Å². The third-order valence-electron chi connectivity index (χ3n) is 6.44. The van der Waals surface area contributed by atoms with Gasteiger partial charge < -0.3 is 20.5 Å². The van der Waals surface area contributed by atoms with Crippen molar-refractivity contribution >= 4 is 33.1 Å². The van der Waals surface area contributed by atoms with Crippen LogP contribution in [0, 0.1) is 0 Å². The molecule has 0 unspecified atom stereocenters. The first-order valence-corrected chi connectivity index (χ1v) is 12.5. The van der Waals surface area contributed by atoms with Gasteiger partial charge in [0.25, 0.3) is 5.91 Å². The molecule has 3 heterocycles. The number of carbonyl (C=O) groups excluding carboxylic acids is 1. The zero-order valence-corrected chi connectivity index (χ0v) is 20.4. The number of aromatic nitrogens is 1. The van der Waals surface area contributed by atoms with Crippen LogP contribution in [0.25, 0.3) is 32.6 Å². The summed E-state index contributed by atoms with van der Waals surface area (Å²) in [7, 11) is 1.64. The molecule has 7 nitrogen and oxygen atoms in total. The first-order chi connectivity index (χ1) is 17.1. The fraction of sp³-hybridized carbons (Fsp3) is 0.259. The summed E-state index contributed by atoms with van der Waals surface area (Å²) < 4.78 is 5.33. The van der Waals surface area contributed by atoms with Gasteiger partial charge in [0.2, 0.25) is 0 Å². The van der Waals surface area contributed by atoms with Crippen molar-refractivity contribution in [1.29, 1.82) is 0 Å². The maximum absolute atomic E-state index is 13.5. The van der Waals surface area contributed by atoms with Gasteiger partial charge in [0, 0.05) is 43.7 Å². The molecule has 0 aliphatic carbocycles. The molecule has 2 aromatic heterocycles. The second-order valence-electron chi connectivity index (χ2n) is 8.53. The van der Waals surface area contributed by atoms with E-state index < -0.39 is 0 Å². The number of piperazine rings is 1. The van der Waals surface area contributed by atoms with Gasteiger partial charge in [-0.2, -0.15) is 0 Å². The number of β-amino-alcohol motifs (C(OH)–C–C–N with tert-alkyl or cyclic N) is 1. The van der Waals surface area contributed by atoms with Crippen molar-refractivity contribution in [3.05, 3.63) is 65.5 Å². The van der Waals surface area contributed by atoms with E-state index in [0.717, 1.165) is 51.4 Å². The number of pyridine rings is 1. The van der Waals surface area contributed by atoms with Gasteiger partial charge in [-0.25, -0.2) is 4.98 Å². The van der Waals surface area contributed by atoms with Gasteiger partial charge in [0.05, 0.1) is 25.1 Å². The van der Waals surface area contributed by atoms with Crippen LogP contribution in [0.5, 0.6) is 5.75 Å². The van der Waals surface area contributed by atoms with Crippen molar-refractivity contribution in [2.75, 3.05) is 52.2 Å². The lowest BCUT2D eigenvalue weighted by molar-refractivity contribution is 0.0620. The van der Waals surface area contributed by atoms with Crippen LogP contribution in [0.3, 0.4) is 0 Å². The Bertz CT molecular complexity index is 1330. The third-order valence-corrected chi connectivity index (χ3v) is 7.53. The molecule has 3 N–H and O–H groups in total. The highest BCUT2D eigenvalue weighted by atomic mass is 32.1. The van der Waals surface area contributed by atoms with Gasteiger partial charge in [0.1, 0.15) is 15.5 Å². The van der Waals surface area contributed by atoms with Gasteiger partial charge in [-0.1, -0.05) is 42.5 Å². The van der Waals surface area contributed by atoms with Gasteiger partial charge in [-0.15, -0.1) is 11.3 Å². The molecule has 0 saturated carbocycles. The summed E-state index contributed by atoms with van der Waals surface area (Å²) in [5.41, 5.74) is 10.9. The molecule has 1 fully saturated rings. The Hall–Kier alpha value is -3.46. The minimum atomic E-state index is -0.0592. The van der Waals surface area contributed by atoms with E-state index in [9.17, 15) is 9.90 Å². The number of rotatable bonds is 6. The number of aliphatic hydroxyl groups excluding tert-OH is 1. The van der Waals surface area contributed by atoms with Crippen LogP contribution in [0.4, 0.5) is 5.69 Å². The van der Waals surface area contributed by atoms with Crippen molar-refractivity contribution in [3.8, 4) is 28.1 Å². The van der Waals surface area contributed by atoms with E-state index in [0.29, 0.717) is 30.2 Å². The van der Waals surface area contributed by atoms with E-state index in [1.807, 2.05) is 65.6 Å². The summed E-state index contributed by atoms with van der Waals surface area (Å²) in [5, 5.41) is 10.00. The Morgan fingerprint density at radius 1 is 1.06 bits per heavy atom. The van der Waals surface area contributed by atoms with Crippen LogP contribution in [-0.2, 0) is 0 Å². The number of ether oxygens (including phenoxy) is 1. The van der Waals surface area contributed by atoms with Crippen molar-refractivity contribution < 1.29 is 14.6 Å². The van der Waals surface area contributed by atoms with Gasteiger partial charge in [0.15, 0.2) is 0 Å². The lowest BCUT2D eigenvalue weighted by Gasteiger charge is -2.34. The number of benzene rings is 2. The third kappa shape index (κ3) is 4.60. The molecule has 0 spiro atoms. The predicted octanol–water partition coefficient (Wildman–Crippen LogP) is 3.97. The van der Waals surface area contributed by atoms with Crippen LogP contribution in [0.2, 0.25) is 0 Å². The summed E-state index contributed by atoms with van der Waals surface area (Å²) >= 11 is 1.36. The lowest BCUT2D eigenvalue weighted by Crippen LogP contribution is -2.49. The number of hydrogen-bond acceptors (Lipinski definition) is 7. The maximum Gasteiger partial charge on any atom is 0.266 e. The van der Waals surface area contributed by atoms with Crippen LogP contribution in [-0.4, -0.2) is 72.2 Å². The van der Waals surface area contributed by atoms with Gasteiger partial charge in [-0.05, 0) is 29.3 Å². The molecule has 1 aliphatic rings. The zero-order chi connectivity index (χ0) is 24.4. The lowest BCUT2D eigenvalue weighted by atomic mass is 9.99. The summed E-state index contributed by atoms with van der Waals surface area (Å²) in [5.74, 6) is 0.716. The fourth-order valence-electron chi connectivity index (χ4n) is 4.49. The molecule has 1 saturated heterocycles. The van der Waals surface area contributed by atoms with E-state index in [-0.39, 0.29) is 12.5 Å². The number of amides is 1.